The van der Waals surface area contributed by atoms with Gasteiger partial charge < -0.3 is 13.9 Å². The Bertz CT molecular complexity index is 1730. The lowest BCUT2D eigenvalue weighted by Gasteiger charge is -2.24. The van der Waals surface area contributed by atoms with Crippen LogP contribution in [0.3, 0.4) is 0 Å². The van der Waals surface area contributed by atoms with Gasteiger partial charge in [0.25, 0.3) is 5.56 Å². The van der Waals surface area contributed by atoms with Crippen molar-refractivity contribution < 1.29 is 21.7 Å². The van der Waals surface area contributed by atoms with Gasteiger partial charge in [-0.25, -0.2) is 17.8 Å². The summed E-state index contributed by atoms with van der Waals surface area (Å²) in [5.41, 5.74) is 2.67. The molecule has 0 radical (unpaired) electrons. The number of hydrogen-bond donors (Lipinski definition) is 2. The number of aromatic amines is 2. The van der Waals surface area contributed by atoms with Gasteiger partial charge in [0, 0.05) is 35.5 Å². The van der Waals surface area contributed by atoms with Crippen molar-refractivity contribution in [2.24, 2.45) is 0 Å². The van der Waals surface area contributed by atoms with Crippen LogP contribution in [0.25, 0.3) is 33.7 Å². The highest BCUT2D eigenvalue weighted by Crippen LogP contribution is 2.49. The summed E-state index contributed by atoms with van der Waals surface area (Å²) in [5, 5.41) is 2.96. The van der Waals surface area contributed by atoms with Gasteiger partial charge >= 0.3 is 0 Å². The molecule has 36 heavy (non-hydrogen) atoms. The molecule has 0 atom stereocenters. The highest BCUT2D eigenvalue weighted by atomic mass is 32.2. The molecule has 2 aromatic carbocycles. The second kappa shape index (κ2) is 8.23. The number of benzene rings is 2. The van der Waals surface area contributed by atoms with Crippen molar-refractivity contribution in [3.8, 4) is 22.7 Å². The van der Waals surface area contributed by atoms with Gasteiger partial charge in [0.1, 0.15) is 23.0 Å². The van der Waals surface area contributed by atoms with Crippen molar-refractivity contribution in [3.63, 3.8) is 0 Å². The van der Waals surface area contributed by atoms with Crippen LogP contribution in [0, 0.1) is 5.82 Å². The first-order valence-electron chi connectivity index (χ1n) is 11.3. The Morgan fingerprint density at radius 2 is 1.94 bits per heavy atom. The van der Waals surface area contributed by atoms with Crippen LogP contribution in [0.2, 0.25) is 0 Å². The molecule has 2 N–H and O–H groups in total. The van der Waals surface area contributed by atoms with Crippen LogP contribution in [-0.4, -0.2) is 29.8 Å². The molecule has 3 aromatic heterocycles. The van der Waals surface area contributed by atoms with Gasteiger partial charge in [0.15, 0.2) is 5.76 Å². The van der Waals surface area contributed by atoms with Crippen LogP contribution in [-0.2, 0) is 16.6 Å². The van der Waals surface area contributed by atoms with Crippen LogP contribution in [0.5, 0.6) is 0 Å². The maximum Gasteiger partial charge on any atom is 0.280 e. The molecule has 6 rings (SSSR count). The van der Waals surface area contributed by atoms with E-state index in [1.165, 1.54) is 22.5 Å². The average molecular weight is 509 g/mol. The lowest BCUT2D eigenvalue weighted by Crippen LogP contribution is -2.30. The number of H-pyrrole nitrogens is 2. The molecule has 0 saturated heterocycles. The number of aromatic nitrogens is 3. The lowest BCUT2D eigenvalue weighted by molar-refractivity contribution is 0.380. The Morgan fingerprint density at radius 1 is 1.17 bits per heavy atom. The van der Waals surface area contributed by atoms with Gasteiger partial charge in [-0.15, -0.1) is 0 Å². The first kappa shape index (κ1) is 22.4. The quantitative estimate of drug-likeness (QED) is 0.327. The number of fused-ring (bicyclic) bond motifs is 1. The highest BCUT2D eigenvalue weighted by Gasteiger charge is 2.33. The van der Waals surface area contributed by atoms with Crippen LogP contribution >= 0.6 is 0 Å². The van der Waals surface area contributed by atoms with E-state index in [-0.39, 0.29) is 24.0 Å². The maximum absolute atomic E-state index is 13.6. The molecule has 11 heteroatoms. The zero-order valence-corrected chi connectivity index (χ0v) is 19.9. The monoisotopic (exact) mass is 508 g/mol. The molecule has 0 spiro atoms. The minimum atomic E-state index is -3.75. The summed E-state index contributed by atoms with van der Waals surface area (Å²) in [4.78, 5) is 19.1. The molecule has 0 unspecified atom stereocenters. The second-order valence-corrected chi connectivity index (χ2v) is 10.8. The van der Waals surface area contributed by atoms with Crippen molar-refractivity contribution >= 4 is 26.7 Å². The first-order chi connectivity index (χ1) is 17.3. The molecule has 0 aliphatic heterocycles. The smallest absolute Gasteiger partial charge is 0.280 e. The van der Waals surface area contributed by atoms with Crippen LogP contribution in [0.1, 0.15) is 30.1 Å². The fourth-order valence-corrected chi connectivity index (χ4v) is 5.33. The molecule has 1 aliphatic rings. The normalized spacial score (nSPS) is 13.9. The van der Waals surface area contributed by atoms with E-state index >= 15 is 0 Å². The molecule has 1 fully saturated rings. The van der Waals surface area contributed by atoms with Gasteiger partial charge in [0.05, 0.1) is 24.1 Å². The SMILES string of the molecule is CS(=O)(=O)N(Cc1cc(=O)[nH]o1)c1cc2oc(-c3ccc(F)cc3)c(-c3ncc[nH]3)c2cc1C1CC1. The predicted octanol–water partition coefficient (Wildman–Crippen LogP) is 4.75. The first-order valence-corrected chi connectivity index (χ1v) is 13.1. The number of rotatable bonds is 7. The largest absolute Gasteiger partial charge is 0.455 e. The molecule has 5 aromatic rings. The molecular weight excluding hydrogens is 487 g/mol. The van der Waals surface area contributed by atoms with Gasteiger partial charge in [-0.1, -0.05) is 0 Å². The van der Waals surface area contributed by atoms with E-state index in [0.717, 1.165) is 30.0 Å². The molecule has 0 amide bonds. The summed E-state index contributed by atoms with van der Waals surface area (Å²) in [6.07, 6.45) is 6.30. The molecule has 3 heterocycles. The second-order valence-electron chi connectivity index (χ2n) is 8.88. The standard InChI is InChI=1S/C25H21FN4O5S/c1-36(32,33)30(13-17-10-22(31)29-35-17)20-12-21-19(11-18(20)14-2-3-14)23(25-27-8-9-28-25)24(34-21)15-4-6-16(26)7-5-15/h4-12,14H,2-3,13H2,1H3,(H,27,28)(H,29,31). The van der Waals surface area contributed by atoms with E-state index in [0.29, 0.717) is 34.0 Å². The molecule has 0 bridgehead atoms. The van der Waals surface area contributed by atoms with Crippen molar-refractivity contribution in [1.82, 2.24) is 15.1 Å². The van der Waals surface area contributed by atoms with E-state index in [1.54, 1.807) is 30.6 Å². The van der Waals surface area contributed by atoms with Crippen molar-refractivity contribution in [2.75, 3.05) is 10.6 Å². The average Bonchev–Trinajstić information content (AvgIpc) is 3.21. The third-order valence-corrected chi connectivity index (χ3v) is 7.37. The van der Waals surface area contributed by atoms with Crippen LogP contribution < -0.4 is 9.86 Å². The Morgan fingerprint density at radius 3 is 2.56 bits per heavy atom. The molecule has 9 nitrogen and oxygen atoms in total. The minimum Gasteiger partial charge on any atom is -0.455 e. The minimum absolute atomic E-state index is 0.153. The van der Waals surface area contributed by atoms with E-state index in [9.17, 15) is 17.6 Å². The van der Waals surface area contributed by atoms with Gasteiger partial charge in [-0.3, -0.25) is 9.10 Å². The van der Waals surface area contributed by atoms with Crippen LogP contribution in [0.15, 0.2) is 68.6 Å². The van der Waals surface area contributed by atoms with Crippen molar-refractivity contribution in [3.05, 3.63) is 82.4 Å². The van der Waals surface area contributed by atoms with E-state index in [4.69, 9.17) is 8.94 Å². The topological polar surface area (TPSA) is 125 Å². The number of furan rings is 1. The third-order valence-electron chi connectivity index (χ3n) is 6.24. The van der Waals surface area contributed by atoms with Crippen LogP contribution in [0.4, 0.5) is 10.1 Å². The number of nitrogens with one attached hydrogen (secondary N) is 2. The van der Waals surface area contributed by atoms with E-state index in [1.807, 2.05) is 6.07 Å². The predicted molar refractivity (Wildman–Crippen MR) is 132 cm³/mol. The number of anilines is 1. The molecule has 184 valence electrons. The number of nitrogens with zero attached hydrogens (tertiary/aromatic N) is 2. The summed E-state index contributed by atoms with van der Waals surface area (Å²) in [6, 6.07) is 10.8. The number of sulfonamides is 1. The Balaban J connectivity index is 1.59. The number of hydrogen-bond acceptors (Lipinski definition) is 6. The van der Waals surface area contributed by atoms with Gasteiger partial charge in [0.2, 0.25) is 10.0 Å². The third kappa shape index (κ3) is 4.01. The Labute approximate surface area is 204 Å². The zero-order chi connectivity index (χ0) is 25.0. The summed E-state index contributed by atoms with van der Waals surface area (Å²) >= 11 is 0. The Hall–Kier alpha value is -4.12. The van der Waals surface area contributed by atoms with Crippen molar-refractivity contribution in [2.45, 2.75) is 25.3 Å². The molecule has 1 saturated carbocycles. The Kier molecular flexibility index (Phi) is 5.11. The summed E-state index contributed by atoms with van der Waals surface area (Å²) in [5.74, 6) is 1.07. The summed E-state index contributed by atoms with van der Waals surface area (Å²) < 4.78 is 52.1. The summed E-state index contributed by atoms with van der Waals surface area (Å²) in [7, 11) is -3.75. The van der Waals surface area contributed by atoms with Gasteiger partial charge in [-0.2, -0.15) is 5.16 Å². The zero-order valence-electron chi connectivity index (χ0n) is 19.1. The fourth-order valence-electron chi connectivity index (χ4n) is 4.45. The van der Waals surface area contributed by atoms with E-state index < -0.39 is 15.6 Å². The van der Waals surface area contributed by atoms with E-state index in [2.05, 4.69) is 15.1 Å². The highest BCUT2D eigenvalue weighted by molar-refractivity contribution is 7.92. The van der Waals surface area contributed by atoms with Gasteiger partial charge in [-0.05, 0) is 54.7 Å². The number of imidazole rings is 1. The van der Waals surface area contributed by atoms with Crippen molar-refractivity contribution in [1.29, 1.82) is 0 Å². The summed E-state index contributed by atoms with van der Waals surface area (Å²) in [6.45, 7) is -0.153. The fraction of sp³-hybridized carbons (Fsp3) is 0.200. The maximum atomic E-state index is 13.6. The number of halogens is 1. The molecule has 1 aliphatic carbocycles. The lowest BCUT2D eigenvalue weighted by atomic mass is 10.0. The molecular formula is C25H21FN4O5S.